The Kier molecular flexibility index (Phi) is 4.28. The molecule has 3 atom stereocenters. The largest absolute Gasteiger partial charge is 0.381 e. The molecule has 2 nitrogen and oxygen atoms in total. The van der Waals surface area contributed by atoms with Crippen molar-refractivity contribution in [2.24, 2.45) is 0 Å². The van der Waals surface area contributed by atoms with Crippen LogP contribution in [0.5, 0.6) is 0 Å². The van der Waals surface area contributed by atoms with Gasteiger partial charge in [0.15, 0.2) is 0 Å². The van der Waals surface area contributed by atoms with E-state index in [-0.39, 0.29) is 0 Å². The molecule has 146 valence electrons. The monoisotopic (exact) mass is 444 g/mol. The summed E-state index contributed by atoms with van der Waals surface area (Å²) in [7, 11) is 0. The lowest BCUT2D eigenvalue weighted by Crippen LogP contribution is -2.41. The summed E-state index contributed by atoms with van der Waals surface area (Å²) in [6.45, 7) is 2.11. The van der Waals surface area contributed by atoms with E-state index in [1.807, 2.05) is 0 Å². The van der Waals surface area contributed by atoms with Crippen LogP contribution >= 0.6 is 15.9 Å². The maximum atomic E-state index is 3.74. The van der Waals surface area contributed by atoms with Gasteiger partial charge >= 0.3 is 0 Å². The van der Waals surface area contributed by atoms with E-state index in [1.165, 1.54) is 46.2 Å². The Morgan fingerprint density at radius 2 is 1.83 bits per heavy atom. The van der Waals surface area contributed by atoms with Crippen molar-refractivity contribution in [1.29, 1.82) is 0 Å². The van der Waals surface area contributed by atoms with Crippen molar-refractivity contribution in [3.8, 4) is 0 Å². The van der Waals surface area contributed by atoms with Gasteiger partial charge in [-0.05, 0) is 77.9 Å². The fraction of sp³-hybridized carbons (Fsp3) is 0.308. The second kappa shape index (κ2) is 7.00. The van der Waals surface area contributed by atoms with Gasteiger partial charge in [0.25, 0.3) is 0 Å². The van der Waals surface area contributed by atoms with Gasteiger partial charge in [-0.25, -0.2) is 0 Å². The Hall–Kier alpha value is -2.10. The molecule has 1 N–H and O–H groups in total. The molecule has 4 aliphatic rings. The van der Waals surface area contributed by atoms with Crippen LogP contribution in [0.4, 0.5) is 5.69 Å². The van der Waals surface area contributed by atoms with Crippen molar-refractivity contribution in [2.75, 3.05) is 11.9 Å². The smallest absolute Gasteiger partial charge is 0.0400 e. The molecular weight excluding hydrogens is 420 g/mol. The number of anilines is 1. The van der Waals surface area contributed by atoms with Gasteiger partial charge in [0.2, 0.25) is 0 Å². The average Bonchev–Trinajstić information content (AvgIpc) is 3.14. The lowest BCUT2D eigenvalue weighted by molar-refractivity contribution is 0.157. The highest BCUT2D eigenvalue weighted by atomic mass is 79.9. The highest BCUT2D eigenvalue weighted by Crippen LogP contribution is 2.53. The Labute approximate surface area is 181 Å². The third-order valence-corrected chi connectivity index (χ3v) is 7.60. The first kappa shape index (κ1) is 17.7. The summed E-state index contributed by atoms with van der Waals surface area (Å²) in [6, 6.07) is 25.9. The molecule has 0 spiro atoms. The fourth-order valence-electron chi connectivity index (χ4n) is 5.85. The number of nitrogens with zero attached hydrogens (tertiary/aromatic N) is 1. The lowest BCUT2D eigenvalue weighted by atomic mass is 9.78. The topological polar surface area (TPSA) is 15.3 Å². The summed E-state index contributed by atoms with van der Waals surface area (Å²) in [5.74, 6) is 0.484. The molecule has 3 heteroatoms. The SMILES string of the molecule is Brc1ccc2c(c1)[C@H]1c3cc(NCc4ccccc4)ccc3[C@@H](C2)N2CCC[C@@H]12. The molecule has 1 aliphatic carbocycles. The van der Waals surface area contributed by atoms with E-state index in [0.29, 0.717) is 18.0 Å². The number of nitrogens with one attached hydrogen (secondary N) is 1. The highest BCUT2D eigenvalue weighted by molar-refractivity contribution is 9.10. The molecule has 3 heterocycles. The number of hydrogen-bond donors (Lipinski definition) is 1. The first-order valence-corrected chi connectivity index (χ1v) is 11.5. The molecule has 2 bridgehead atoms. The maximum Gasteiger partial charge on any atom is 0.0400 e. The zero-order valence-corrected chi connectivity index (χ0v) is 18.0. The fourth-order valence-corrected chi connectivity index (χ4v) is 6.23. The second-order valence-electron chi connectivity index (χ2n) is 8.67. The summed E-state index contributed by atoms with van der Waals surface area (Å²) < 4.78 is 1.20. The van der Waals surface area contributed by atoms with Crippen molar-refractivity contribution >= 4 is 21.6 Å². The second-order valence-corrected chi connectivity index (χ2v) is 9.59. The van der Waals surface area contributed by atoms with Gasteiger partial charge in [-0.2, -0.15) is 0 Å². The normalized spacial score (nSPS) is 24.5. The van der Waals surface area contributed by atoms with Gasteiger partial charge in [-0.3, -0.25) is 4.90 Å². The van der Waals surface area contributed by atoms with E-state index in [1.54, 1.807) is 11.1 Å². The predicted molar refractivity (Wildman–Crippen MR) is 122 cm³/mol. The van der Waals surface area contributed by atoms with E-state index >= 15 is 0 Å². The molecule has 1 saturated heterocycles. The minimum absolute atomic E-state index is 0.484. The minimum atomic E-state index is 0.484. The Bertz CT molecular complexity index is 1060. The lowest BCUT2D eigenvalue weighted by Gasteiger charge is -2.42. The van der Waals surface area contributed by atoms with E-state index in [2.05, 4.69) is 92.9 Å². The van der Waals surface area contributed by atoms with Gasteiger partial charge in [0.1, 0.15) is 0 Å². The van der Waals surface area contributed by atoms with Gasteiger partial charge in [-0.15, -0.1) is 0 Å². The van der Waals surface area contributed by atoms with Crippen molar-refractivity contribution < 1.29 is 0 Å². The van der Waals surface area contributed by atoms with Crippen molar-refractivity contribution in [2.45, 2.75) is 43.8 Å². The molecule has 3 aromatic carbocycles. The summed E-state index contributed by atoms with van der Waals surface area (Å²) in [5.41, 5.74) is 8.73. The predicted octanol–water partition coefficient (Wildman–Crippen LogP) is 6.27. The number of benzene rings is 3. The molecule has 0 aromatic heterocycles. The van der Waals surface area contributed by atoms with Gasteiger partial charge in [0.05, 0.1) is 0 Å². The number of hydrogen-bond acceptors (Lipinski definition) is 2. The number of rotatable bonds is 3. The summed E-state index contributed by atoms with van der Waals surface area (Å²) in [5, 5.41) is 3.66. The van der Waals surface area contributed by atoms with Gasteiger partial charge in [0, 0.05) is 34.7 Å². The zero-order valence-electron chi connectivity index (χ0n) is 16.4. The summed E-state index contributed by atoms with van der Waals surface area (Å²) in [6.07, 6.45) is 3.78. The Morgan fingerprint density at radius 1 is 0.931 bits per heavy atom. The van der Waals surface area contributed by atoms with Crippen LogP contribution in [-0.4, -0.2) is 17.5 Å². The third-order valence-electron chi connectivity index (χ3n) is 7.10. The Morgan fingerprint density at radius 3 is 2.72 bits per heavy atom. The van der Waals surface area contributed by atoms with E-state index < -0.39 is 0 Å². The van der Waals surface area contributed by atoms with Crippen LogP contribution in [-0.2, 0) is 13.0 Å². The molecular formula is C26H25BrN2. The van der Waals surface area contributed by atoms with Crippen LogP contribution in [0.2, 0.25) is 0 Å². The standard InChI is InChI=1S/C26H25BrN2/c27-19-9-8-18-13-25-21-11-10-20(28-16-17-5-2-1-3-6-17)15-23(21)26(22(18)14-19)24-7-4-12-29(24)25/h1-3,5-6,8-11,14-15,24-26,28H,4,7,12-13,16H2/t24-,25+,26-/m0/s1. The highest BCUT2D eigenvalue weighted by Gasteiger charge is 2.46. The van der Waals surface area contributed by atoms with E-state index in [4.69, 9.17) is 0 Å². The first-order valence-electron chi connectivity index (χ1n) is 10.7. The molecule has 7 rings (SSSR count). The maximum absolute atomic E-state index is 3.74. The Balaban J connectivity index is 1.42. The van der Waals surface area contributed by atoms with Crippen molar-refractivity contribution in [3.05, 3.63) is 99.0 Å². The molecule has 29 heavy (non-hydrogen) atoms. The van der Waals surface area contributed by atoms with Crippen LogP contribution < -0.4 is 5.32 Å². The summed E-state index contributed by atoms with van der Waals surface area (Å²) >= 11 is 3.74. The van der Waals surface area contributed by atoms with Crippen LogP contribution in [0.3, 0.4) is 0 Å². The summed E-state index contributed by atoms with van der Waals surface area (Å²) in [4.78, 5) is 2.80. The van der Waals surface area contributed by atoms with Gasteiger partial charge < -0.3 is 5.32 Å². The zero-order chi connectivity index (χ0) is 19.4. The molecule has 0 unspecified atom stereocenters. The van der Waals surface area contributed by atoms with Crippen LogP contribution in [0, 0.1) is 0 Å². The number of halogens is 1. The molecule has 0 saturated carbocycles. The molecule has 0 radical (unpaired) electrons. The van der Waals surface area contributed by atoms with Crippen LogP contribution in [0.1, 0.15) is 52.6 Å². The molecule has 3 aromatic rings. The molecule has 0 amide bonds. The van der Waals surface area contributed by atoms with Crippen LogP contribution in [0.15, 0.2) is 71.2 Å². The third kappa shape index (κ3) is 2.94. The van der Waals surface area contributed by atoms with Gasteiger partial charge in [-0.1, -0.05) is 58.4 Å². The van der Waals surface area contributed by atoms with Crippen molar-refractivity contribution in [1.82, 2.24) is 4.90 Å². The molecule has 1 fully saturated rings. The molecule has 3 aliphatic heterocycles. The van der Waals surface area contributed by atoms with Crippen LogP contribution in [0.25, 0.3) is 0 Å². The van der Waals surface area contributed by atoms with E-state index in [9.17, 15) is 0 Å². The minimum Gasteiger partial charge on any atom is -0.381 e. The average molecular weight is 445 g/mol. The first-order chi connectivity index (χ1) is 14.3. The van der Waals surface area contributed by atoms with Crippen molar-refractivity contribution in [3.63, 3.8) is 0 Å². The van der Waals surface area contributed by atoms with E-state index in [0.717, 1.165) is 13.0 Å². The quantitative estimate of drug-likeness (QED) is 0.511.